The van der Waals surface area contributed by atoms with Crippen LogP contribution in [0.25, 0.3) is 32.3 Å². The molecule has 0 amide bonds. The number of anilines is 7. The largest absolute Gasteiger partial charge is 0.377 e. The van der Waals surface area contributed by atoms with Gasteiger partial charge >= 0.3 is 0 Å². The van der Waals surface area contributed by atoms with E-state index in [9.17, 15) is 0 Å². The quantitative estimate of drug-likeness (QED) is 0.159. The third-order valence-corrected chi connectivity index (χ3v) is 10.8. The first-order valence-electron chi connectivity index (χ1n) is 17.7. The van der Waals surface area contributed by atoms with Crippen LogP contribution in [0.15, 0.2) is 152 Å². The van der Waals surface area contributed by atoms with E-state index in [1.54, 1.807) is 0 Å². The van der Waals surface area contributed by atoms with Gasteiger partial charge in [0.2, 0.25) is 0 Å². The van der Waals surface area contributed by atoms with Crippen LogP contribution < -0.4 is 14.7 Å². The van der Waals surface area contributed by atoms with Crippen molar-refractivity contribution in [2.24, 2.45) is 0 Å². The van der Waals surface area contributed by atoms with Gasteiger partial charge in [-0.25, -0.2) is 0 Å². The minimum Gasteiger partial charge on any atom is -0.377 e. The fourth-order valence-corrected chi connectivity index (χ4v) is 8.34. The number of hydrogen-bond donors (Lipinski definition) is 0. The van der Waals surface area contributed by atoms with Gasteiger partial charge in [0, 0.05) is 69.5 Å². The molecule has 0 aliphatic heterocycles. The van der Waals surface area contributed by atoms with Crippen molar-refractivity contribution in [1.29, 1.82) is 0 Å². The summed E-state index contributed by atoms with van der Waals surface area (Å²) in [5.41, 5.74) is 11.2. The van der Waals surface area contributed by atoms with Crippen LogP contribution in [0.1, 0.15) is 31.4 Å². The van der Waals surface area contributed by atoms with Crippen LogP contribution in [0.4, 0.5) is 39.8 Å². The smallest absolute Gasteiger partial charge is 0.0561 e. The van der Waals surface area contributed by atoms with Gasteiger partial charge in [-0.1, -0.05) is 98.8 Å². The lowest BCUT2D eigenvalue weighted by molar-refractivity contribution is 0.475. The molecule has 9 rings (SSSR count). The molecule has 0 saturated carbocycles. The summed E-state index contributed by atoms with van der Waals surface area (Å²) in [4.78, 5) is 7.18. The van der Waals surface area contributed by atoms with Gasteiger partial charge in [0.05, 0.1) is 11.4 Å². The van der Waals surface area contributed by atoms with Crippen molar-refractivity contribution in [2.75, 3.05) is 28.8 Å². The van der Waals surface area contributed by atoms with E-state index < -0.39 is 0 Å². The predicted octanol–water partition coefficient (Wildman–Crippen LogP) is 12.8. The Bertz CT molecular complexity index is 2390. The second-order valence-electron chi connectivity index (χ2n) is 14.5. The zero-order valence-electron chi connectivity index (χ0n) is 29.2. The molecule has 0 bridgehead atoms. The molecule has 3 heteroatoms. The molecule has 8 aromatic carbocycles. The Morgan fingerprint density at radius 2 is 0.880 bits per heavy atom. The van der Waals surface area contributed by atoms with Crippen LogP contribution in [-0.4, -0.2) is 14.1 Å². The SMILES string of the molecule is CN(C)c1cc(N(c2ccccc2)c2ccccc2)c2cc3c4c(cc(N(c5ccccc5)c5ccccc5)c5ccc1c2c54)CCC3(C)C. The summed E-state index contributed by atoms with van der Waals surface area (Å²) >= 11 is 0. The van der Waals surface area contributed by atoms with E-state index in [1.807, 2.05) is 0 Å². The van der Waals surface area contributed by atoms with Gasteiger partial charge in [-0.15, -0.1) is 0 Å². The van der Waals surface area contributed by atoms with Crippen LogP contribution in [0.3, 0.4) is 0 Å². The molecule has 0 saturated heterocycles. The third-order valence-electron chi connectivity index (χ3n) is 10.8. The summed E-state index contributed by atoms with van der Waals surface area (Å²) in [6, 6.07) is 55.5. The molecule has 0 heterocycles. The van der Waals surface area contributed by atoms with E-state index >= 15 is 0 Å². The van der Waals surface area contributed by atoms with Crippen molar-refractivity contribution in [1.82, 2.24) is 0 Å². The van der Waals surface area contributed by atoms with Gasteiger partial charge < -0.3 is 14.7 Å². The Labute approximate surface area is 295 Å². The lowest BCUT2D eigenvalue weighted by atomic mass is 9.70. The maximum atomic E-state index is 2.55. The van der Waals surface area contributed by atoms with Crippen molar-refractivity contribution in [2.45, 2.75) is 32.1 Å². The molecule has 0 fully saturated rings. The molecule has 0 radical (unpaired) electrons. The Balaban J connectivity index is 1.47. The second kappa shape index (κ2) is 11.7. The first-order chi connectivity index (χ1) is 24.4. The van der Waals surface area contributed by atoms with E-state index in [2.05, 4.69) is 194 Å². The number of hydrogen-bond acceptors (Lipinski definition) is 3. The maximum absolute atomic E-state index is 2.55. The molecule has 0 atom stereocenters. The Morgan fingerprint density at radius 3 is 1.34 bits per heavy atom. The van der Waals surface area contributed by atoms with Gasteiger partial charge in [-0.3, -0.25) is 0 Å². The highest BCUT2D eigenvalue weighted by Crippen LogP contribution is 2.54. The van der Waals surface area contributed by atoms with Crippen molar-refractivity contribution >= 4 is 72.1 Å². The van der Waals surface area contributed by atoms with E-state index in [0.29, 0.717) is 0 Å². The van der Waals surface area contributed by atoms with Crippen molar-refractivity contribution in [3.05, 3.63) is 163 Å². The van der Waals surface area contributed by atoms with Gasteiger partial charge in [-0.2, -0.15) is 0 Å². The number of benzene rings is 8. The van der Waals surface area contributed by atoms with Crippen molar-refractivity contribution < 1.29 is 0 Å². The van der Waals surface area contributed by atoms with Gasteiger partial charge in [0.25, 0.3) is 0 Å². The minimum atomic E-state index is 0.0294. The molecule has 50 heavy (non-hydrogen) atoms. The maximum Gasteiger partial charge on any atom is 0.0561 e. The standard InChI is InChI=1S/C47H41N3/c1-47(2)28-27-32-29-42(49(33-17-9-5-10-18-33)34-19-11-6-12-20-34)38-26-25-37-41(48(3)4)31-43(39-30-40(47)44(32)46(38)45(37)39)50(35-21-13-7-14-22-35)36-23-15-8-16-24-36/h5-26,29-31H,27-28H2,1-4H3. The van der Waals surface area contributed by atoms with Crippen LogP contribution >= 0.6 is 0 Å². The number of nitrogens with zero attached hydrogens (tertiary/aromatic N) is 3. The zero-order chi connectivity index (χ0) is 34.0. The van der Waals surface area contributed by atoms with E-state index in [1.165, 1.54) is 60.5 Å². The fraction of sp³-hybridized carbons (Fsp3) is 0.149. The summed E-state index contributed by atoms with van der Waals surface area (Å²) in [7, 11) is 4.35. The zero-order valence-corrected chi connectivity index (χ0v) is 29.2. The van der Waals surface area contributed by atoms with Crippen LogP contribution in [-0.2, 0) is 11.8 Å². The van der Waals surface area contributed by atoms with Gasteiger partial charge in [-0.05, 0) is 101 Å². The highest BCUT2D eigenvalue weighted by molar-refractivity contribution is 6.31. The second-order valence-corrected chi connectivity index (χ2v) is 14.5. The monoisotopic (exact) mass is 647 g/mol. The molecule has 0 spiro atoms. The Morgan fingerprint density at radius 1 is 0.440 bits per heavy atom. The number of aryl methyl sites for hydroxylation is 1. The molecule has 8 aromatic rings. The summed E-state index contributed by atoms with van der Waals surface area (Å²) in [5.74, 6) is 0. The molecule has 0 unspecified atom stereocenters. The van der Waals surface area contributed by atoms with E-state index in [4.69, 9.17) is 0 Å². The molecule has 3 nitrogen and oxygen atoms in total. The Hall–Kier alpha value is -5.80. The lowest BCUT2D eigenvalue weighted by Crippen LogP contribution is -2.24. The highest BCUT2D eigenvalue weighted by atomic mass is 15.2. The average Bonchev–Trinajstić information content (AvgIpc) is 3.15. The van der Waals surface area contributed by atoms with Crippen LogP contribution in [0.2, 0.25) is 0 Å². The average molecular weight is 648 g/mol. The molecular weight excluding hydrogens is 607 g/mol. The number of para-hydroxylation sites is 4. The van der Waals surface area contributed by atoms with Crippen LogP contribution in [0.5, 0.6) is 0 Å². The summed E-state index contributed by atoms with van der Waals surface area (Å²) in [6.07, 6.45) is 2.15. The first-order valence-corrected chi connectivity index (χ1v) is 17.7. The molecule has 0 N–H and O–H groups in total. The van der Waals surface area contributed by atoms with Gasteiger partial charge in [0.1, 0.15) is 0 Å². The summed E-state index contributed by atoms with van der Waals surface area (Å²) < 4.78 is 0. The molecule has 1 aliphatic rings. The van der Waals surface area contributed by atoms with Gasteiger partial charge in [0.15, 0.2) is 0 Å². The molecular formula is C47H41N3. The number of rotatable bonds is 7. The third kappa shape index (κ3) is 4.72. The van der Waals surface area contributed by atoms with Crippen LogP contribution in [0, 0.1) is 0 Å². The molecule has 244 valence electrons. The minimum absolute atomic E-state index is 0.0294. The van der Waals surface area contributed by atoms with E-state index in [0.717, 1.165) is 35.6 Å². The van der Waals surface area contributed by atoms with Crippen molar-refractivity contribution in [3.8, 4) is 0 Å². The molecule has 1 aliphatic carbocycles. The topological polar surface area (TPSA) is 9.72 Å². The predicted molar refractivity (Wildman–Crippen MR) is 215 cm³/mol. The summed E-state index contributed by atoms with van der Waals surface area (Å²) in [6.45, 7) is 4.87. The van der Waals surface area contributed by atoms with Crippen molar-refractivity contribution in [3.63, 3.8) is 0 Å². The van der Waals surface area contributed by atoms with E-state index in [-0.39, 0.29) is 5.41 Å². The lowest BCUT2D eigenvalue weighted by Gasteiger charge is -2.37. The molecule has 0 aromatic heterocycles. The Kier molecular flexibility index (Phi) is 7.06. The normalized spacial score (nSPS) is 13.6. The summed E-state index contributed by atoms with van der Waals surface area (Å²) in [5, 5.41) is 7.99. The fourth-order valence-electron chi connectivity index (χ4n) is 8.34. The first kappa shape index (κ1) is 30.3. The highest BCUT2D eigenvalue weighted by Gasteiger charge is 2.33.